The molecule has 0 radical (unpaired) electrons. The molecule has 0 aromatic heterocycles. The Morgan fingerprint density at radius 2 is 0.415 bits per heavy atom. The molecule has 14 aromatic rings. The van der Waals surface area contributed by atoms with Crippen LogP contribution in [0.4, 0.5) is 0 Å². The number of halogens is 9. The minimum Gasteiger partial charge on any atom is -0.494 e. The molecule has 0 spiro atoms. The van der Waals surface area contributed by atoms with Gasteiger partial charge in [0.25, 0.3) is 0 Å². The highest BCUT2D eigenvalue weighted by atomic mass is 79.9. The summed E-state index contributed by atoms with van der Waals surface area (Å²) in [5, 5.41) is 3.47. The van der Waals surface area contributed by atoms with Gasteiger partial charge in [-0.1, -0.05) is 341 Å². The van der Waals surface area contributed by atoms with Crippen molar-refractivity contribution < 1.29 is 76.6 Å². The Morgan fingerprint density at radius 3 is 0.667 bits per heavy atom. The largest absolute Gasteiger partial charge is 0.494 e. The Labute approximate surface area is 906 Å². The van der Waals surface area contributed by atoms with Gasteiger partial charge in [0, 0.05) is 177 Å². The average Bonchev–Trinajstić information content (AvgIpc) is 0.854. The van der Waals surface area contributed by atoms with Gasteiger partial charge in [-0.05, 0) is 178 Å². The topological polar surface area (TPSA) is 257 Å². The SMILES string of the molecule is CCCCCOc1ccc(C(=O)CCC(=O)c2ccccc2Cl)cc1.CCCOc1ccc(C(=O)CCC(=O)c2ccccc2Cl)cc1.Cc1ccc(C(=O)CCC(=O)c2ccccc2Cl)cc1.Cc1ccc(C(=O)CCC(=O)c2ccccc2Cl)cc1.O=C(CCC(=O)c1ccccc1Br)c1ccccc1Cl.O=C(CCC(=O)c1ccccc1Cl)c1cccc(Cl)c1.O=C(CCC(=O)c1ccccc1Cl)c1ccccc1. The van der Waals surface area contributed by atoms with Gasteiger partial charge >= 0.3 is 0 Å². The number of carbonyl (C=O) groups is 14. The maximum absolute atomic E-state index is 12.2. The zero-order valence-electron chi connectivity index (χ0n) is 81.5. The molecule has 0 unspecified atom stereocenters. The number of aryl methyl sites for hydroxylation is 2. The zero-order valence-corrected chi connectivity index (χ0v) is 89.1. The van der Waals surface area contributed by atoms with Crippen LogP contribution in [0.1, 0.15) is 286 Å². The highest BCUT2D eigenvalue weighted by Crippen LogP contribution is 2.29. The number of ether oxygens (including phenoxy) is 2. The molecule has 756 valence electrons. The van der Waals surface area contributed by atoms with Crippen LogP contribution in [-0.2, 0) is 0 Å². The number of carbonyl (C=O) groups excluding carboxylic acids is 14. The highest BCUT2D eigenvalue weighted by Gasteiger charge is 2.22. The number of hydrogen-bond acceptors (Lipinski definition) is 16. The van der Waals surface area contributed by atoms with E-state index in [2.05, 4.69) is 22.9 Å². The van der Waals surface area contributed by atoms with Crippen molar-refractivity contribution in [2.45, 2.75) is 143 Å². The molecule has 25 heteroatoms. The van der Waals surface area contributed by atoms with E-state index in [4.69, 9.17) is 102 Å². The number of unbranched alkanes of at least 4 members (excludes halogenated alkanes) is 2. The van der Waals surface area contributed by atoms with Crippen molar-refractivity contribution in [1.82, 2.24) is 0 Å². The van der Waals surface area contributed by atoms with Gasteiger partial charge in [-0.3, -0.25) is 67.1 Å². The number of benzene rings is 14. The molecule has 0 saturated heterocycles. The molecule has 0 saturated carbocycles. The summed E-state index contributed by atoms with van der Waals surface area (Å²) in [4.78, 5) is 169. The third-order valence-corrected chi connectivity index (χ3v) is 25.5. The number of ketones is 14. The molecule has 16 nitrogen and oxygen atoms in total. The maximum atomic E-state index is 12.2. The standard InChI is InChI=1S/C21H23ClO3.C19H19ClO3.2C17H15ClO2.C16H12BrClO2.C16H12Cl2O2.C16H13ClO2/c1-2-3-6-15-25-17-11-9-16(10-12-17)20(23)13-14-21(24)18-7-4-5-8-19(18)22;1-2-13-23-15-9-7-14(8-10-15)18(21)11-12-19(22)16-5-3-4-6-17(16)20;2*1-12-6-8-13(9-7-12)16(19)10-11-17(20)14-4-2-3-5-15(14)18;17-13-7-3-1-5-11(13)15(19)9-10-16(20)12-6-2-4-8-14(12)18;17-12-5-3-4-11(10-12)15(19)8-9-16(20)13-6-1-2-7-14(13)18;17-14-9-5-4-8-13(14)16(19)11-10-15(18)12-6-2-1-3-7-12/h4-5,7-12H,2-3,6,13-15H2,1H3;3-10H,2,11-13H2,1H3;2*2-9H,10-11H2,1H3;1-8H,9-10H2;1-7,10H,8-9H2;1-9H,10-11H2. The van der Waals surface area contributed by atoms with Gasteiger partial charge in [-0.25, -0.2) is 0 Å². The van der Waals surface area contributed by atoms with Gasteiger partial charge in [0.1, 0.15) is 11.5 Å². The zero-order chi connectivity index (χ0) is 107. The van der Waals surface area contributed by atoms with Crippen molar-refractivity contribution in [2.24, 2.45) is 0 Å². The second-order valence-electron chi connectivity index (χ2n) is 33.3. The van der Waals surface area contributed by atoms with Crippen LogP contribution in [0.15, 0.2) is 350 Å². The van der Waals surface area contributed by atoms with Crippen molar-refractivity contribution >= 4 is 190 Å². The smallest absolute Gasteiger partial charge is 0.164 e. The first kappa shape index (κ1) is 119. The minimum absolute atomic E-state index is 0.0228. The summed E-state index contributed by atoms with van der Waals surface area (Å²) in [7, 11) is 0. The molecule has 0 atom stereocenters. The molecule has 0 aliphatic carbocycles. The van der Waals surface area contributed by atoms with Crippen molar-refractivity contribution in [2.75, 3.05) is 13.2 Å². The van der Waals surface area contributed by atoms with E-state index in [0.29, 0.717) is 131 Å². The van der Waals surface area contributed by atoms with Crippen LogP contribution in [0.3, 0.4) is 0 Å². The second kappa shape index (κ2) is 64.8. The van der Waals surface area contributed by atoms with Gasteiger partial charge in [-0.2, -0.15) is 0 Å². The summed E-state index contributed by atoms with van der Waals surface area (Å²) in [6.45, 7) is 9.46. The molecular weight excluding hydrogens is 2080 g/mol. The van der Waals surface area contributed by atoms with Crippen molar-refractivity contribution in [3.63, 3.8) is 0 Å². The summed E-state index contributed by atoms with van der Waals surface area (Å²) < 4.78 is 11.9. The lowest BCUT2D eigenvalue weighted by atomic mass is 10.0. The van der Waals surface area contributed by atoms with E-state index in [1.54, 1.807) is 291 Å². The number of hydrogen-bond donors (Lipinski definition) is 0. The molecule has 14 aromatic carbocycles. The summed E-state index contributed by atoms with van der Waals surface area (Å²) in [6.07, 6.45) is 6.65. The fourth-order valence-corrected chi connectivity index (χ4v) is 16.4. The third kappa shape index (κ3) is 41.6. The molecular formula is C122H109BrCl8O16. The quantitative estimate of drug-likeness (QED) is 0.0254. The van der Waals surface area contributed by atoms with E-state index in [9.17, 15) is 67.1 Å². The molecule has 0 aliphatic rings. The lowest BCUT2D eigenvalue weighted by Crippen LogP contribution is -2.06. The van der Waals surface area contributed by atoms with Crippen LogP contribution in [-0.4, -0.2) is 94.2 Å². The molecule has 0 aliphatic heterocycles. The van der Waals surface area contributed by atoms with Gasteiger partial charge in [0.15, 0.2) is 81.0 Å². The number of rotatable bonds is 43. The second-order valence-corrected chi connectivity index (χ2v) is 37.5. The monoisotopic (exact) mass is 2190 g/mol. The molecule has 0 heterocycles. The third-order valence-electron chi connectivity index (χ3n) is 22.3. The predicted octanol–water partition coefficient (Wildman–Crippen LogP) is 33.7. The Hall–Kier alpha value is -13.1. The normalized spacial score (nSPS) is 10.3. The van der Waals surface area contributed by atoms with Crippen LogP contribution in [0.25, 0.3) is 0 Å². The van der Waals surface area contributed by atoms with Crippen LogP contribution in [0.2, 0.25) is 40.2 Å². The van der Waals surface area contributed by atoms with E-state index in [1.807, 2.05) is 75.4 Å². The van der Waals surface area contributed by atoms with Crippen LogP contribution in [0, 0.1) is 13.8 Å². The summed E-state index contributed by atoms with van der Waals surface area (Å²) >= 11 is 51.0. The van der Waals surface area contributed by atoms with E-state index in [-0.39, 0.29) is 171 Å². The molecule has 0 amide bonds. The molecule has 0 fully saturated rings. The Bertz CT molecular complexity index is 6660. The summed E-state index contributed by atoms with van der Waals surface area (Å²) in [5.74, 6) is 0.369. The summed E-state index contributed by atoms with van der Waals surface area (Å²) in [5.41, 5.74) is 9.70. The number of Topliss-reactive ketones (excluding diaryl/α,β-unsaturated/α-hetero) is 14. The van der Waals surface area contributed by atoms with E-state index < -0.39 is 0 Å². The maximum Gasteiger partial charge on any atom is 0.164 e. The lowest BCUT2D eigenvalue weighted by Gasteiger charge is -2.07. The fourth-order valence-electron chi connectivity index (χ4n) is 14.0. The van der Waals surface area contributed by atoms with Gasteiger partial charge in [0.2, 0.25) is 0 Å². The average molecular weight is 2190 g/mol. The van der Waals surface area contributed by atoms with Gasteiger partial charge < -0.3 is 9.47 Å². The fraction of sp³-hybridized carbons (Fsp3) is 0.197. The first-order valence-corrected chi connectivity index (χ1v) is 51.4. The van der Waals surface area contributed by atoms with E-state index in [0.717, 1.165) is 52.8 Å². The van der Waals surface area contributed by atoms with E-state index in [1.165, 1.54) is 0 Å². The highest BCUT2D eigenvalue weighted by molar-refractivity contribution is 9.10. The Morgan fingerprint density at radius 1 is 0.204 bits per heavy atom. The first-order chi connectivity index (χ1) is 70.7. The first-order valence-electron chi connectivity index (χ1n) is 47.5. The van der Waals surface area contributed by atoms with Crippen LogP contribution >= 0.6 is 109 Å². The minimum atomic E-state index is -0.133. The summed E-state index contributed by atoms with van der Waals surface area (Å²) in [6, 6.07) is 99.9. The lowest BCUT2D eigenvalue weighted by molar-refractivity contribution is 0.0917. The van der Waals surface area contributed by atoms with Crippen molar-refractivity contribution in [3.8, 4) is 11.5 Å². The Kier molecular flexibility index (Phi) is 52.5. The van der Waals surface area contributed by atoms with E-state index >= 15 is 0 Å². The van der Waals surface area contributed by atoms with Crippen LogP contribution in [0.5, 0.6) is 11.5 Å². The van der Waals surface area contributed by atoms with Gasteiger partial charge in [-0.15, -0.1) is 0 Å². The predicted molar refractivity (Wildman–Crippen MR) is 594 cm³/mol. The van der Waals surface area contributed by atoms with Crippen molar-refractivity contribution in [3.05, 3.63) is 479 Å². The molecule has 14 rings (SSSR count). The molecule has 147 heavy (non-hydrogen) atoms. The molecule has 0 bridgehead atoms. The van der Waals surface area contributed by atoms with Gasteiger partial charge in [0.05, 0.1) is 48.4 Å². The molecule has 0 N–H and O–H groups in total. The van der Waals surface area contributed by atoms with Crippen LogP contribution < -0.4 is 9.47 Å². The Balaban J connectivity index is 0.000000209. The van der Waals surface area contributed by atoms with Crippen molar-refractivity contribution in [1.29, 1.82) is 0 Å².